The van der Waals surface area contributed by atoms with Gasteiger partial charge in [-0.25, -0.2) is 4.39 Å². The number of methoxy groups -OCH3 is 1. The van der Waals surface area contributed by atoms with Gasteiger partial charge in [0.1, 0.15) is 11.6 Å². The van der Waals surface area contributed by atoms with Crippen LogP contribution in [-0.2, 0) is 9.59 Å². The van der Waals surface area contributed by atoms with E-state index in [4.69, 9.17) is 16.3 Å². The standard InChI is InChI=1S/C22H19ClFNO3/c1-28-14-6-2-5-13(11-14)25-18-9-4-10-19(26)22(18)15(12-20(25)27)21-16(23)7-3-8-17(21)24/h2-3,5-8,11,15H,4,9-10,12H2,1H3. The summed E-state index contributed by atoms with van der Waals surface area (Å²) in [4.78, 5) is 27.6. The van der Waals surface area contributed by atoms with E-state index < -0.39 is 11.7 Å². The number of carbonyl (C=O) groups is 2. The molecule has 1 atom stereocenters. The predicted molar refractivity (Wildman–Crippen MR) is 105 cm³/mol. The first-order valence-electron chi connectivity index (χ1n) is 9.18. The molecule has 4 rings (SSSR count). The van der Waals surface area contributed by atoms with Gasteiger partial charge in [0.2, 0.25) is 5.91 Å². The van der Waals surface area contributed by atoms with Crippen molar-refractivity contribution in [3.63, 3.8) is 0 Å². The van der Waals surface area contributed by atoms with Crippen molar-refractivity contribution < 1.29 is 18.7 Å². The summed E-state index contributed by atoms with van der Waals surface area (Å²) in [5.74, 6) is -0.776. The molecule has 0 radical (unpaired) electrons. The Balaban J connectivity index is 1.90. The highest BCUT2D eigenvalue weighted by molar-refractivity contribution is 6.31. The minimum Gasteiger partial charge on any atom is -0.497 e. The van der Waals surface area contributed by atoms with E-state index in [9.17, 15) is 14.0 Å². The summed E-state index contributed by atoms with van der Waals surface area (Å²) < 4.78 is 19.9. The zero-order valence-corrected chi connectivity index (χ0v) is 16.1. The first kappa shape index (κ1) is 18.7. The van der Waals surface area contributed by atoms with Crippen LogP contribution in [0.2, 0.25) is 5.02 Å². The summed E-state index contributed by atoms with van der Waals surface area (Å²) in [6.07, 6.45) is 1.61. The Hall–Kier alpha value is -2.66. The van der Waals surface area contributed by atoms with Gasteiger partial charge >= 0.3 is 0 Å². The molecule has 1 aliphatic carbocycles. The topological polar surface area (TPSA) is 46.6 Å². The van der Waals surface area contributed by atoms with Gasteiger partial charge in [0, 0.05) is 46.7 Å². The van der Waals surface area contributed by atoms with Gasteiger partial charge < -0.3 is 4.74 Å². The second kappa shape index (κ2) is 7.40. The molecule has 0 saturated carbocycles. The zero-order valence-electron chi connectivity index (χ0n) is 15.4. The number of amides is 1. The molecule has 1 amide bonds. The lowest BCUT2D eigenvalue weighted by Gasteiger charge is -2.38. The lowest BCUT2D eigenvalue weighted by molar-refractivity contribution is -0.119. The van der Waals surface area contributed by atoms with E-state index in [0.717, 1.165) is 0 Å². The zero-order chi connectivity index (χ0) is 19.8. The molecule has 4 nitrogen and oxygen atoms in total. The maximum atomic E-state index is 14.6. The van der Waals surface area contributed by atoms with E-state index in [1.165, 1.54) is 12.1 Å². The number of ketones is 1. The van der Waals surface area contributed by atoms with Crippen LogP contribution in [0.15, 0.2) is 53.7 Å². The van der Waals surface area contributed by atoms with Crippen LogP contribution < -0.4 is 9.64 Å². The number of halogens is 2. The van der Waals surface area contributed by atoms with Gasteiger partial charge in [-0.3, -0.25) is 14.5 Å². The molecular formula is C22H19ClFNO3. The van der Waals surface area contributed by atoms with Crippen LogP contribution in [0.25, 0.3) is 0 Å². The van der Waals surface area contributed by atoms with Gasteiger partial charge in [-0.05, 0) is 37.1 Å². The minimum absolute atomic E-state index is 0.0115. The lowest BCUT2D eigenvalue weighted by atomic mass is 9.77. The second-order valence-electron chi connectivity index (χ2n) is 6.96. The first-order valence-corrected chi connectivity index (χ1v) is 9.56. The van der Waals surface area contributed by atoms with Crippen molar-refractivity contribution in [2.45, 2.75) is 31.6 Å². The third-order valence-corrected chi connectivity index (χ3v) is 5.66. The summed E-state index contributed by atoms with van der Waals surface area (Å²) in [7, 11) is 1.56. The molecular weight excluding hydrogens is 381 g/mol. The van der Waals surface area contributed by atoms with Crippen molar-refractivity contribution in [1.29, 1.82) is 0 Å². The van der Waals surface area contributed by atoms with E-state index in [0.29, 0.717) is 42.0 Å². The number of anilines is 1. The number of ether oxygens (including phenoxy) is 1. The van der Waals surface area contributed by atoms with E-state index in [1.54, 1.807) is 42.3 Å². The van der Waals surface area contributed by atoms with Gasteiger partial charge in [-0.2, -0.15) is 0 Å². The number of nitrogens with zero attached hydrogens (tertiary/aromatic N) is 1. The lowest BCUT2D eigenvalue weighted by Crippen LogP contribution is -2.40. The van der Waals surface area contributed by atoms with Crippen LogP contribution in [0.5, 0.6) is 5.75 Å². The molecule has 2 aliphatic rings. The normalized spacial score (nSPS) is 19.7. The number of carbonyl (C=O) groups excluding carboxylic acids is 2. The second-order valence-corrected chi connectivity index (χ2v) is 7.37. The van der Waals surface area contributed by atoms with Crippen molar-refractivity contribution in [3.8, 4) is 5.75 Å². The van der Waals surface area contributed by atoms with E-state index in [-0.39, 0.29) is 28.7 Å². The average Bonchev–Trinajstić information content (AvgIpc) is 2.68. The molecule has 6 heteroatoms. The van der Waals surface area contributed by atoms with Crippen molar-refractivity contribution in [1.82, 2.24) is 0 Å². The fraction of sp³-hybridized carbons (Fsp3) is 0.273. The summed E-state index contributed by atoms with van der Waals surface area (Å²) in [6.45, 7) is 0. The summed E-state index contributed by atoms with van der Waals surface area (Å²) in [5, 5.41) is 0.234. The van der Waals surface area contributed by atoms with Crippen LogP contribution in [0.1, 0.15) is 37.2 Å². The van der Waals surface area contributed by atoms with Gasteiger partial charge in [0.15, 0.2) is 5.78 Å². The summed E-state index contributed by atoms with van der Waals surface area (Å²) >= 11 is 6.27. The van der Waals surface area contributed by atoms with Crippen molar-refractivity contribution >= 4 is 29.0 Å². The number of rotatable bonds is 3. The van der Waals surface area contributed by atoms with Gasteiger partial charge in [-0.15, -0.1) is 0 Å². The molecule has 1 aliphatic heterocycles. The number of allylic oxidation sites excluding steroid dienone is 2. The Morgan fingerprint density at radius 3 is 2.68 bits per heavy atom. The van der Waals surface area contributed by atoms with Crippen LogP contribution in [0, 0.1) is 5.82 Å². The smallest absolute Gasteiger partial charge is 0.232 e. The maximum Gasteiger partial charge on any atom is 0.232 e. The molecule has 0 N–H and O–H groups in total. The molecule has 28 heavy (non-hydrogen) atoms. The Labute approximate surface area is 167 Å². The van der Waals surface area contributed by atoms with Crippen molar-refractivity contribution in [2.75, 3.05) is 12.0 Å². The number of benzene rings is 2. The van der Waals surface area contributed by atoms with Gasteiger partial charge in [-0.1, -0.05) is 23.7 Å². The molecule has 0 bridgehead atoms. The molecule has 1 heterocycles. The van der Waals surface area contributed by atoms with E-state index in [1.807, 2.05) is 0 Å². The van der Waals surface area contributed by atoms with Crippen LogP contribution in [-0.4, -0.2) is 18.8 Å². The Bertz CT molecular complexity index is 981. The van der Waals surface area contributed by atoms with Crippen molar-refractivity contribution in [3.05, 3.63) is 70.1 Å². The molecule has 0 saturated heterocycles. The highest BCUT2D eigenvalue weighted by Gasteiger charge is 2.41. The highest BCUT2D eigenvalue weighted by Crippen LogP contribution is 2.45. The quantitative estimate of drug-likeness (QED) is 0.728. The average molecular weight is 400 g/mol. The monoisotopic (exact) mass is 399 g/mol. The molecule has 2 aromatic rings. The van der Waals surface area contributed by atoms with E-state index >= 15 is 0 Å². The Kier molecular flexibility index (Phi) is 4.94. The van der Waals surface area contributed by atoms with Crippen LogP contribution in [0.3, 0.4) is 0 Å². The fourth-order valence-corrected chi connectivity index (χ4v) is 4.43. The molecule has 0 aromatic heterocycles. The summed E-state index contributed by atoms with van der Waals surface area (Å²) in [6, 6.07) is 11.6. The molecule has 1 unspecified atom stereocenters. The molecule has 0 fully saturated rings. The van der Waals surface area contributed by atoms with Gasteiger partial charge in [0.25, 0.3) is 0 Å². The molecule has 0 spiro atoms. The molecule has 144 valence electrons. The largest absolute Gasteiger partial charge is 0.497 e. The predicted octanol–water partition coefficient (Wildman–Crippen LogP) is 5.02. The number of hydrogen-bond donors (Lipinski definition) is 0. The Morgan fingerprint density at radius 1 is 1.14 bits per heavy atom. The third-order valence-electron chi connectivity index (χ3n) is 5.33. The minimum atomic E-state index is -0.661. The van der Waals surface area contributed by atoms with Crippen molar-refractivity contribution in [2.24, 2.45) is 0 Å². The highest BCUT2D eigenvalue weighted by atomic mass is 35.5. The van der Waals surface area contributed by atoms with Crippen LogP contribution in [0.4, 0.5) is 10.1 Å². The van der Waals surface area contributed by atoms with Crippen LogP contribution >= 0.6 is 11.6 Å². The summed E-state index contributed by atoms with van der Waals surface area (Å²) in [5.41, 5.74) is 2.01. The number of Topliss-reactive ketones (excluding diaryl/α,β-unsaturated/α-hetero) is 1. The maximum absolute atomic E-state index is 14.6. The molecule has 2 aromatic carbocycles. The van der Waals surface area contributed by atoms with Gasteiger partial charge in [0.05, 0.1) is 12.8 Å². The fourth-order valence-electron chi connectivity index (χ4n) is 4.13. The number of hydrogen-bond acceptors (Lipinski definition) is 3. The van der Waals surface area contributed by atoms with E-state index in [2.05, 4.69) is 0 Å². The third kappa shape index (κ3) is 3.10. The Morgan fingerprint density at radius 2 is 1.93 bits per heavy atom. The first-order chi connectivity index (χ1) is 13.5. The SMILES string of the molecule is COc1cccc(N2C(=O)CC(c3c(F)cccc3Cl)C3=C2CCCC3=O)c1.